The van der Waals surface area contributed by atoms with Crippen molar-refractivity contribution in [1.82, 2.24) is 10.6 Å². The molecular weight excluding hydrogens is 281 g/mol. The van der Waals surface area contributed by atoms with Gasteiger partial charge in [-0.05, 0) is 38.6 Å². The van der Waals surface area contributed by atoms with Gasteiger partial charge < -0.3 is 10.6 Å². The Hall–Kier alpha value is -1.56. The van der Waals surface area contributed by atoms with Crippen molar-refractivity contribution in [2.24, 2.45) is 0 Å². The first kappa shape index (κ1) is 14.4. The monoisotopic (exact) mass is 298 g/mol. The Bertz CT molecular complexity index is 549. The van der Waals surface area contributed by atoms with Crippen LogP contribution in [0.15, 0.2) is 12.1 Å². The molecule has 0 aromatic heterocycles. The van der Waals surface area contributed by atoms with E-state index in [0.29, 0.717) is 12.1 Å². The quantitative estimate of drug-likeness (QED) is 0.881. The summed E-state index contributed by atoms with van der Waals surface area (Å²) < 4.78 is 40.0. The molecule has 1 spiro atoms. The molecular formula is C15H17F3N2O. The van der Waals surface area contributed by atoms with Gasteiger partial charge in [0.15, 0.2) is 0 Å². The second-order valence-corrected chi connectivity index (χ2v) is 5.97. The van der Waals surface area contributed by atoms with E-state index in [1.54, 1.807) is 0 Å². The molecule has 2 aliphatic rings. The normalized spacial score (nSPS) is 23.7. The minimum absolute atomic E-state index is 0.0794. The lowest BCUT2D eigenvalue weighted by atomic mass is 9.70. The summed E-state index contributed by atoms with van der Waals surface area (Å²) in [4.78, 5) is 12.0. The highest BCUT2D eigenvalue weighted by atomic mass is 19.1. The molecule has 1 atom stereocenters. The summed E-state index contributed by atoms with van der Waals surface area (Å²) in [6, 6.07) is 0.935. The third-order valence-electron chi connectivity index (χ3n) is 4.51. The number of hydrogen-bond donors (Lipinski definition) is 2. The maximum atomic E-state index is 13.6. The van der Waals surface area contributed by atoms with Crippen LogP contribution in [-0.2, 0) is 0 Å². The van der Waals surface area contributed by atoms with E-state index in [1.807, 2.05) is 0 Å². The van der Waals surface area contributed by atoms with Crippen LogP contribution in [0.5, 0.6) is 0 Å². The van der Waals surface area contributed by atoms with Crippen molar-refractivity contribution >= 4 is 5.91 Å². The van der Waals surface area contributed by atoms with Crippen molar-refractivity contribution in [1.29, 1.82) is 0 Å². The highest BCUT2D eigenvalue weighted by Crippen LogP contribution is 2.38. The molecule has 2 N–H and O–H groups in total. The lowest BCUT2D eigenvalue weighted by Gasteiger charge is -2.48. The molecule has 6 heteroatoms. The van der Waals surface area contributed by atoms with Gasteiger partial charge in [-0.3, -0.25) is 4.79 Å². The average molecular weight is 298 g/mol. The van der Waals surface area contributed by atoms with Gasteiger partial charge in [0.1, 0.15) is 23.0 Å². The van der Waals surface area contributed by atoms with Crippen molar-refractivity contribution in [3.05, 3.63) is 35.1 Å². The molecule has 3 nitrogen and oxygen atoms in total. The Morgan fingerprint density at radius 2 is 1.90 bits per heavy atom. The number of halogens is 3. The van der Waals surface area contributed by atoms with Gasteiger partial charge in [-0.2, -0.15) is 0 Å². The van der Waals surface area contributed by atoms with Crippen molar-refractivity contribution in [3.63, 3.8) is 0 Å². The first-order valence-electron chi connectivity index (χ1n) is 7.20. The van der Waals surface area contributed by atoms with Crippen LogP contribution in [0.3, 0.4) is 0 Å². The number of amides is 1. The summed E-state index contributed by atoms with van der Waals surface area (Å²) in [5.74, 6) is -4.18. The van der Waals surface area contributed by atoms with Crippen LogP contribution in [0, 0.1) is 17.5 Å². The number of nitrogens with one attached hydrogen (secondary N) is 2. The van der Waals surface area contributed by atoms with E-state index in [2.05, 4.69) is 10.6 Å². The van der Waals surface area contributed by atoms with E-state index in [4.69, 9.17) is 0 Å². The lowest BCUT2D eigenvalue weighted by Crippen LogP contribution is -2.59. The third kappa shape index (κ3) is 2.77. The average Bonchev–Trinajstić information content (AvgIpc) is 2.35. The van der Waals surface area contributed by atoms with Crippen LogP contribution >= 0.6 is 0 Å². The Labute approximate surface area is 120 Å². The minimum atomic E-state index is -1.17. The van der Waals surface area contributed by atoms with E-state index in [9.17, 15) is 18.0 Å². The molecule has 1 saturated heterocycles. The molecule has 1 aliphatic carbocycles. The molecule has 1 unspecified atom stereocenters. The molecule has 1 aliphatic heterocycles. The molecule has 21 heavy (non-hydrogen) atoms. The van der Waals surface area contributed by atoms with E-state index in [1.165, 1.54) is 0 Å². The largest absolute Gasteiger partial charge is 0.349 e. The van der Waals surface area contributed by atoms with E-state index >= 15 is 0 Å². The fourth-order valence-corrected chi connectivity index (χ4v) is 3.28. The minimum Gasteiger partial charge on any atom is -0.349 e. The van der Waals surface area contributed by atoms with Crippen molar-refractivity contribution in [3.8, 4) is 0 Å². The molecule has 0 bridgehead atoms. The Kier molecular flexibility index (Phi) is 3.65. The van der Waals surface area contributed by atoms with Crippen molar-refractivity contribution in [2.75, 3.05) is 6.54 Å². The predicted octanol–water partition coefficient (Wildman–Crippen LogP) is 2.51. The highest BCUT2D eigenvalue weighted by molar-refractivity contribution is 5.95. The molecule has 2 fully saturated rings. The van der Waals surface area contributed by atoms with Crippen LogP contribution < -0.4 is 10.6 Å². The maximum absolute atomic E-state index is 13.6. The molecule has 3 rings (SSSR count). The van der Waals surface area contributed by atoms with Gasteiger partial charge in [-0.1, -0.05) is 0 Å². The fraction of sp³-hybridized carbons (Fsp3) is 0.533. The van der Waals surface area contributed by atoms with Gasteiger partial charge in [-0.15, -0.1) is 0 Å². The molecule has 1 saturated carbocycles. The number of rotatable bonds is 2. The van der Waals surface area contributed by atoms with E-state index in [-0.39, 0.29) is 11.6 Å². The number of carbonyl (C=O) groups is 1. The van der Waals surface area contributed by atoms with Gasteiger partial charge in [0.2, 0.25) is 0 Å². The van der Waals surface area contributed by atoms with Gasteiger partial charge in [0.25, 0.3) is 5.91 Å². The number of piperidine rings is 1. The Balaban J connectivity index is 1.72. The van der Waals surface area contributed by atoms with Crippen LogP contribution in [0.4, 0.5) is 13.2 Å². The predicted molar refractivity (Wildman–Crippen MR) is 71.4 cm³/mol. The molecule has 1 amide bonds. The number of hydrogen-bond acceptors (Lipinski definition) is 2. The van der Waals surface area contributed by atoms with Gasteiger partial charge in [0, 0.05) is 23.7 Å². The third-order valence-corrected chi connectivity index (χ3v) is 4.51. The molecule has 1 heterocycles. The fourth-order valence-electron chi connectivity index (χ4n) is 3.28. The smallest absolute Gasteiger partial charge is 0.257 e. The number of carbonyl (C=O) groups excluding carboxylic acids is 1. The van der Waals surface area contributed by atoms with Crippen LogP contribution in [0.25, 0.3) is 0 Å². The van der Waals surface area contributed by atoms with Crippen molar-refractivity contribution < 1.29 is 18.0 Å². The zero-order valence-corrected chi connectivity index (χ0v) is 11.5. The van der Waals surface area contributed by atoms with Gasteiger partial charge in [-0.25, -0.2) is 13.2 Å². The van der Waals surface area contributed by atoms with E-state index < -0.39 is 28.9 Å². The zero-order chi connectivity index (χ0) is 15.0. The van der Waals surface area contributed by atoms with Crippen LogP contribution in [-0.4, -0.2) is 24.0 Å². The Morgan fingerprint density at radius 3 is 2.48 bits per heavy atom. The highest BCUT2D eigenvalue weighted by Gasteiger charge is 2.41. The second kappa shape index (κ2) is 5.33. The number of benzene rings is 1. The molecule has 1 aromatic carbocycles. The maximum Gasteiger partial charge on any atom is 0.257 e. The summed E-state index contributed by atoms with van der Waals surface area (Å²) in [5, 5.41) is 6.13. The molecule has 0 radical (unpaired) electrons. The second-order valence-electron chi connectivity index (χ2n) is 5.97. The lowest BCUT2D eigenvalue weighted by molar-refractivity contribution is 0.0845. The van der Waals surface area contributed by atoms with Crippen molar-refractivity contribution in [2.45, 2.75) is 43.7 Å². The first-order valence-corrected chi connectivity index (χ1v) is 7.20. The van der Waals surface area contributed by atoms with Gasteiger partial charge >= 0.3 is 0 Å². The first-order chi connectivity index (χ1) is 9.99. The Morgan fingerprint density at radius 1 is 1.24 bits per heavy atom. The van der Waals surface area contributed by atoms with Crippen LogP contribution in [0.1, 0.15) is 42.5 Å². The van der Waals surface area contributed by atoms with Gasteiger partial charge in [0.05, 0.1) is 0 Å². The summed E-state index contributed by atoms with van der Waals surface area (Å²) in [6.45, 7) is 0.777. The topological polar surface area (TPSA) is 41.1 Å². The molecule has 1 aromatic rings. The zero-order valence-electron chi connectivity index (χ0n) is 11.5. The summed E-state index contributed by atoms with van der Waals surface area (Å²) in [6.07, 6.45) is 4.78. The summed E-state index contributed by atoms with van der Waals surface area (Å²) in [7, 11) is 0. The summed E-state index contributed by atoms with van der Waals surface area (Å²) >= 11 is 0. The van der Waals surface area contributed by atoms with E-state index in [0.717, 1.165) is 38.6 Å². The standard InChI is InChI=1S/C15H17F3N2O/c16-9-6-11(17)13(12(18)7-9)14(21)20-10-2-5-19-15(8-10)3-1-4-15/h6-7,10,19H,1-5,8H2,(H,20,21). The SMILES string of the molecule is O=C(NC1CCNC2(CCC2)C1)c1c(F)cc(F)cc1F. The molecule has 114 valence electrons. The summed E-state index contributed by atoms with van der Waals surface area (Å²) in [5.41, 5.74) is -0.631. The van der Waals surface area contributed by atoms with Crippen LogP contribution in [0.2, 0.25) is 0 Å².